The molecule has 2 aromatic rings. The van der Waals surface area contributed by atoms with E-state index in [0.717, 1.165) is 28.1 Å². The van der Waals surface area contributed by atoms with E-state index in [1.165, 1.54) is 12.1 Å². The number of aromatic nitrogens is 1. The van der Waals surface area contributed by atoms with Crippen LogP contribution >= 0.6 is 0 Å². The molecule has 0 unspecified atom stereocenters. The summed E-state index contributed by atoms with van der Waals surface area (Å²) in [6.45, 7) is 8.93. The number of hydrogen-bond donors (Lipinski definition) is 0. The Bertz CT molecular complexity index is 633. The molecule has 1 aromatic heterocycles. The first-order chi connectivity index (χ1) is 10.4. The Kier molecular flexibility index (Phi) is 5.30. The van der Waals surface area contributed by atoms with Crippen molar-refractivity contribution >= 4 is 0 Å². The third-order valence-corrected chi connectivity index (χ3v) is 3.62. The van der Waals surface area contributed by atoms with Gasteiger partial charge in [0.1, 0.15) is 5.82 Å². The zero-order valence-electron chi connectivity index (χ0n) is 13.9. The second-order valence-electron chi connectivity index (χ2n) is 6.11. The first-order valence-electron chi connectivity index (χ1n) is 7.64. The maximum Gasteiger partial charge on any atom is 0.123 e. The predicted molar refractivity (Wildman–Crippen MR) is 87.4 cm³/mol. The van der Waals surface area contributed by atoms with Crippen LogP contribution in [0, 0.1) is 11.9 Å². The van der Waals surface area contributed by atoms with Crippen molar-refractivity contribution in [2.45, 2.75) is 46.1 Å². The number of methoxy groups -OCH3 is 1. The van der Waals surface area contributed by atoms with Gasteiger partial charge < -0.3 is 4.74 Å². The van der Waals surface area contributed by atoms with E-state index in [4.69, 9.17) is 9.72 Å². The minimum absolute atomic E-state index is 0.237. The number of benzene rings is 1. The van der Waals surface area contributed by atoms with Crippen LogP contribution in [0.25, 0.3) is 11.1 Å². The third kappa shape index (κ3) is 3.53. The average molecular weight is 300 g/mol. The van der Waals surface area contributed by atoms with Gasteiger partial charge in [-0.3, -0.25) is 4.98 Å². The largest absolute Gasteiger partial charge is 0.380 e. The van der Waals surface area contributed by atoms with Gasteiger partial charge >= 0.3 is 0 Å². The standard InChI is InChI=1S/C19H23FNO/c1-12(2)18-10-16(14-6-8-15(20)9-7-14)17(11-22-5)19(21-18)13(3)4/h6-9,12-13H,11H2,1-5H3. The first kappa shape index (κ1) is 16.6. The summed E-state index contributed by atoms with van der Waals surface area (Å²) in [5.74, 6) is 0.337. The molecule has 0 aliphatic rings. The van der Waals surface area contributed by atoms with E-state index in [-0.39, 0.29) is 17.7 Å². The fourth-order valence-corrected chi connectivity index (χ4v) is 2.46. The fraction of sp³-hybridized carbons (Fsp3) is 0.421. The van der Waals surface area contributed by atoms with Crippen LogP contribution in [0.15, 0.2) is 24.3 Å². The van der Waals surface area contributed by atoms with Gasteiger partial charge in [-0.05, 0) is 35.1 Å². The molecule has 0 aliphatic carbocycles. The molecule has 0 spiro atoms. The number of pyridine rings is 1. The van der Waals surface area contributed by atoms with E-state index >= 15 is 0 Å². The average Bonchev–Trinajstić information content (AvgIpc) is 2.48. The summed E-state index contributed by atoms with van der Waals surface area (Å²) in [7, 11) is 1.68. The van der Waals surface area contributed by atoms with Gasteiger partial charge in [0.05, 0.1) is 12.3 Å². The number of ether oxygens (including phenoxy) is 1. The Labute approximate surface area is 132 Å². The van der Waals surface area contributed by atoms with Gasteiger partial charge in [-0.1, -0.05) is 39.8 Å². The van der Waals surface area contributed by atoms with Crippen LogP contribution in [0.2, 0.25) is 0 Å². The molecular formula is C19H23FNO. The van der Waals surface area contributed by atoms with Gasteiger partial charge in [0.25, 0.3) is 0 Å². The molecule has 0 N–H and O–H groups in total. The van der Waals surface area contributed by atoms with E-state index in [2.05, 4.69) is 33.8 Å². The topological polar surface area (TPSA) is 22.1 Å². The molecular weight excluding hydrogens is 277 g/mol. The minimum Gasteiger partial charge on any atom is -0.380 e. The van der Waals surface area contributed by atoms with Crippen LogP contribution in [-0.4, -0.2) is 12.1 Å². The van der Waals surface area contributed by atoms with Crippen molar-refractivity contribution < 1.29 is 9.13 Å². The predicted octanol–water partition coefficient (Wildman–Crippen LogP) is 5.08. The molecule has 117 valence electrons. The third-order valence-electron chi connectivity index (χ3n) is 3.62. The highest BCUT2D eigenvalue weighted by molar-refractivity contribution is 5.68. The van der Waals surface area contributed by atoms with Crippen molar-refractivity contribution in [2.24, 2.45) is 0 Å². The summed E-state index contributed by atoms with van der Waals surface area (Å²) < 4.78 is 18.6. The fourth-order valence-electron chi connectivity index (χ4n) is 2.46. The molecule has 0 atom stereocenters. The minimum atomic E-state index is -0.237. The Balaban J connectivity index is 2.69. The molecule has 2 nitrogen and oxygen atoms in total. The Morgan fingerprint density at radius 2 is 1.73 bits per heavy atom. The number of rotatable bonds is 5. The summed E-state index contributed by atoms with van der Waals surface area (Å²) >= 11 is 0. The lowest BCUT2D eigenvalue weighted by Gasteiger charge is -2.19. The normalized spacial score (nSPS) is 11.5. The van der Waals surface area contributed by atoms with Gasteiger partial charge in [-0.25, -0.2) is 4.39 Å². The van der Waals surface area contributed by atoms with Crippen molar-refractivity contribution in [3.8, 4) is 11.1 Å². The molecule has 2 rings (SSSR count). The highest BCUT2D eigenvalue weighted by atomic mass is 19.1. The van der Waals surface area contributed by atoms with E-state index < -0.39 is 0 Å². The van der Waals surface area contributed by atoms with Gasteiger partial charge in [0, 0.05) is 24.4 Å². The van der Waals surface area contributed by atoms with Crippen LogP contribution < -0.4 is 0 Å². The summed E-state index contributed by atoms with van der Waals surface area (Å²) in [5, 5.41) is 0. The van der Waals surface area contributed by atoms with Crippen molar-refractivity contribution in [1.29, 1.82) is 0 Å². The van der Waals surface area contributed by atoms with Crippen LogP contribution in [0.4, 0.5) is 4.39 Å². The summed E-state index contributed by atoms with van der Waals surface area (Å²) in [6.07, 6.45) is 0. The summed E-state index contributed by atoms with van der Waals surface area (Å²) in [4.78, 5) is 4.78. The van der Waals surface area contributed by atoms with Gasteiger partial charge in [0.2, 0.25) is 0 Å². The summed E-state index contributed by atoms with van der Waals surface area (Å²) in [5.41, 5.74) is 4.91. The smallest absolute Gasteiger partial charge is 0.123 e. The lowest BCUT2D eigenvalue weighted by atomic mass is 9.92. The zero-order chi connectivity index (χ0) is 16.3. The molecule has 0 fully saturated rings. The number of halogens is 1. The molecule has 1 radical (unpaired) electrons. The molecule has 1 aromatic carbocycles. The number of nitrogens with zero attached hydrogens (tertiary/aromatic N) is 1. The van der Waals surface area contributed by atoms with E-state index in [9.17, 15) is 4.39 Å². The van der Waals surface area contributed by atoms with Crippen molar-refractivity contribution in [2.75, 3.05) is 7.11 Å². The Hall–Kier alpha value is -1.74. The second kappa shape index (κ2) is 7.01. The quantitative estimate of drug-likeness (QED) is 0.768. The second-order valence-corrected chi connectivity index (χ2v) is 6.11. The van der Waals surface area contributed by atoms with E-state index in [1.54, 1.807) is 19.2 Å². The SMILES string of the molecule is COCc1c(-c2ccc(F)cc2)[c]c(C(C)C)nc1C(C)C. The van der Waals surface area contributed by atoms with Crippen molar-refractivity contribution in [3.63, 3.8) is 0 Å². The van der Waals surface area contributed by atoms with Crippen molar-refractivity contribution in [3.05, 3.63) is 53.1 Å². The first-order valence-corrected chi connectivity index (χ1v) is 7.64. The van der Waals surface area contributed by atoms with Gasteiger partial charge in [-0.15, -0.1) is 0 Å². The molecule has 22 heavy (non-hydrogen) atoms. The highest BCUT2D eigenvalue weighted by Gasteiger charge is 2.18. The van der Waals surface area contributed by atoms with E-state index in [1.807, 2.05) is 0 Å². The zero-order valence-corrected chi connectivity index (χ0v) is 13.9. The summed E-state index contributed by atoms with van der Waals surface area (Å²) in [6, 6.07) is 9.94. The van der Waals surface area contributed by atoms with Gasteiger partial charge in [0.15, 0.2) is 0 Å². The molecule has 1 heterocycles. The molecule has 0 aliphatic heterocycles. The monoisotopic (exact) mass is 300 g/mol. The van der Waals surface area contributed by atoms with Crippen LogP contribution in [0.3, 0.4) is 0 Å². The van der Waals surface area contributed by atoms with E-state index in [0.29, 0.717) is 6.61 Å². The maximum atomic E-state index is 13.2. The molecule has 0 saturated carbocycles. The molecule has 0 saturated heterocycles. The Morgan fingerprint density at radius 1 is 1.09 bits per heavy atom. The van der Waals surface area contributed by atoms with Crippen LogP contribution in [0.5, 0.6) is 0 Å². The molecule has 0 amide bonds. The molecule has 3 heteroatoms. The highest BCUT2D eigenvalue weighted by Crippen LogP contribution is 2.32. The number of hydrogen-bond acceptors (Lipinski definition) is 2. The maximum absolute atomic E-state index is 13.2. The lowest BCUT2D eigenvalue weighted by molar-refractivity contribution is 0.184. The molecule has 0 bridgehead atoms. The van der Waals surface area contributed by atoms with Crippen LogP contribution in [0.1, 0.15) is 56.5 Å². The van der Waals surface area contributed by atoms with Crippen LogP contribution in [-0.2, 0) is 11.3 Å². The Morgan fingerprint density at radius 3 is 2.23 bits per heavy atom. The lowest BCUT2D eigenvalue weighted by Crippen LogP contribution is -2.08. The van der Waals surface area contributed by atoms with Gasteiger partial charge in [-0.2, -0.15) is 0 Å². The van der Waals surface area contributed by atoms with Crippen molar-refractivity contribution in [1.82, 2.24) is 4.98 Å².